The molecule has 2 N–H and O–H groups in total. The Morgan fingerprint density at radius 2 is 2.00 bits per heavy atom. The van der Waals surface area contributed by atoms with Crippen LogP contribution < -0.4 is 5.73 Å². The van der Waals surface area contributed by atoms with Gasteiger partial charge in [-0.15, -0.1) is 0 Å². The molecule has 2 rings (SSSR count). The van der Waals surface area contributed by atoms with E-state index in [0.717, 1.165) is 10.7 Å². The first kappa shape index (κ1) is 17.5. The molecule has 24 heavy (non-hydrogen) atoms. The number of nitrogens with two attached hydrogens (primary N) is 1. The molecule has 0 aliphatic heterocycles. The quantitative estimate of drug-likeness (QED) is 0.392. The van der Waals surface area contributed by atoms with Crippen molar-refractivity contribution in [1.29, 1.82) is 0 Å². The molecular weight excluding hydrogens is 325 g/mol. The molecule has 2 aromatic rings. The van der Waals surface area contributed by atoms with E-state index in [1.807, 2.05) is 0 Å². The first-order valence-electron chi connectivity index (χ1n) is 6.98. The summed E-state index contributed by atoms with van der Waals surface area (Å²) in [4.78, 5) is 16.3. The molecular formula is C15H15F3N4O2. The van der Waals surface area contributed by atoms with E-state index in [1.165, 1.54) is 6.92 Å². The van der Waals surface area contributed by atoms with E-state index in [0.29, 0.717) is 11.3 Å². The third kappa shape index (κ3) is 4.58. The number of carbonyl (C=O) groups is 1. The lowest BCUT2D eigenvalue weighted by Crippen LogP contribution is -2.16. The van der Waals surface area contributed by atoms with Crippen LogP contribution in [-0.4, -0.2) is 21.6 Å². The number of benzene rings is 1. The number of hydrogen-bond acceptors (Lipinski definition) is 4. The zero-order valence-corrected chi connectivity index (χ0v) is 12.7. The molecule has 0 atom stereocenters. The van der Waals surface area contributed by atoms with Gasteiger partial charge in [0, 0.05) is 11.3 Å². The second-order valence-electron chi connectivity index (χ2n) is 4.95. The van der Waals surface area contributed by atoms with Crippen molar-refractivity contribution in [2.24, 2.45) is 10.9 Å². The van der Waals surface area contributed by atoms with Crippen LogP contribution in [0.15, 0.2) is 41.6 Å². The van der Waals surface area contributed by atoms with Crippen molar-refractivity contribution in [3.05, 3.63) is 53.3 Å². The van der Waals surface area contributed by atoms with Crippen LogP contribution in [0.5, 0.6) is 0 Å². The molecule has 1 aromatic carbocycles. The molecule has 0 amide bonds. The predicted molar refractivity (Wildman–Crippen MR) is 79.8 cm³/mol. The molecule has 0 spiro atoms. The van der Waals surface area contributed by atoms with Gasteiger partial charge in [-0.2, -0.15) is 18.3 Å². The number of halogens is 3. The first-order valence-corrected chi connectivity index (χ1v) is 6.98. The number of rotatable bonds is 5. The maximum absolute atomic E-state index is 12.6. The van der Waals surface area contributed by atoms with Crippen LogP contribution in [0, 0.1) is 6.92 Å². The standard InChI is InChI=1S/C15H15F3N4O2/c1-10-9-12(15(16,17)18)20-22(10)8-7-13(23)24-21-14(19)11-5-3-2-4-6-11/h2-6,9H,7-8H2,1H3,(H2,19,21). The van der Waals surface area contributed by atoms with Crippen LogP contribution in [-0.2, 0) is 22.4 Å². The number of aryl methyl sites for hydroxylation is 2. The van der Waals surface area contributed by atoms with Crippen LogP contribution in [0.2, 0.25) is 0 Å². The topological polar surface area (TPSA) is 82.5 Å². The molecule has 128 valence electrons. The summed E-state index contributed by atoms with van der Waals surface area (Å²) in [5, 5.41) is 6.93. The van der Waals surface area contributed by atoms with E-state index in [2.05, 4.69) is 15.1 Å². The molecule has 0 fully saturated rings. The van der Waals surface area contributed by atoms with Gasteiger partial charge in [0.2, 0.25) is 0 Å². The fraction of sp³-hybridized carbons (Fsp3) is 0.267. The van der Waals surface area contributed by atoms with Crippen molar-refractivity contribution in [3.63, 3.8) is 0 Å². The van der Waals surface area contributed by atoms with Gasteiger partial charge in [-0.3, -0.25) is 4.68 Å². The summed E-state index contributed by atoms with van der Waals surface area (Å²) in [6.45, 7) is 1.42. The van der Waals surface area contributed by atoms with Crippen LogP contribution in [0.4, 0.5) is 13.2 Å². The highest BCUT2D eigenvalue weighted by atomic mass is 19.4. The van der Waals surface area contributed by atoms with Crippen molar-refractivity contribution >= 4 is 11.8 Å². The highest BCUT2D eigenvalue weighted by Gasteiger charge is 2.34. The largest absolute Gasteiger partial charge is 0.435 e. The van der Waals surface area contributed by atoms with Gasteiger partial charge in [-0.05, 0) is 13.0 Å². The lowest BCUT2D eigenvalue weighted by Gasteiger charge is -2.04. The number of nitrogens with zero attached hydrogens (tertiary/aromatic N) is 3. The molecule has 6 nitrogen and oxygen atoms in total. The molecule has 0 saturated carbocycles. The number of hydrogen-bond donors (Lipinski definition) is 1. The second kappa shape index (κ2) is 7.16. The number of aromatic nitrogens is 2. The lowest BCUT2D eigenvalue weighted by molar-refractivity contribution is -0.144. The Bertz CT molecular complexity index is 739. The van der Waals surface area contributed by atoms with Crippen molar-refractivity contribution in [2.45, 2.75) is 26.1 Å². The molecule has 0 bridgehead atoms. The summed E-state index contributed by atoms with van der Waals surface area (Å²) in [7, 11) is 0. The average Bonchev–Trinajstić information content (AvgIpc) is 2.92. The van der Waals surface area contributed by atoms with Gasteiger partial charge < -0.3 is 10.6 Å². The van der Waals surface area contributed by atoms with Crippen molar-refractivity contribution in [1.82, 2.24) is 9.78 Å². The summed E-state index contributed by atoms with van der Waals surface area (Å²) < 4.78 is 38.7. The van der Waals surface area contributed by atoms with E-state index in [1.54, 1.807) is 30.3 Å². The second-order valence-corrected chi connectivity index (χ2v) is 4.95. The van der Waals surface area contributed by atoms with Gasteiger partial charge in [-0.25, -0.2) is 4.79 Å². The molecule has 9 heteroatoms. The molecule has 0 aliphatic rings. The van der Waals surface area contributed by atoms with Crippen LogP contribution in [0.3, 0.4) is 0 Å². The summed E-state index contributed by atoms with van der Waals surface area (Å²) >= 11 is 0. The highest BCUT2D eigenvalue weighted by molar-refractivity contribution is 5.97. The summed E-state index contributed by atoms with van der Waals surface area (Å²) in [6.07, 6.45) is -4.71. The zero-order chi connectivity index (χ0) is 17.7. The van der Waals surface area contributed by atoms with E-state index in [4.69, 9.17) is 5.73 Å². The molecule has 0 saturated heterocycles. The first-order chi connectivity index (χ1) is 11.3. The summed E-state index contributed by atoms with van der Waals surface area (Å²) in [5.41, 5.74) is 5.54. The third-order valence-corrected chi connectivity index (χ3v) is 3.11. The lowest BCUT2D eigenvalue weighted by atomic mass is 10.2. The smallest absolute Gasteiger partial charge is 0.380 e. The monoisotopic (exact) mass is 340 g/mol. The normalized spacial score (nSPS) is 12.2. The zero-order valence-electron chi connectivity index (χ0n) is 12.7. The fourth-order valence-electron chi connectivity index (χ4n) is 1.88. The van der Waals surface area contributed by atoms with Gasteiger partial charge >= 0.3 is 12.1 Å². The predicted octanol–water partition coefficient (Wildman–Crippen LogP) is 2.46. The van der Waals surface area contributed by atoms with Crippen molar-refractivity contribution < 1.29 is 22.8 Å². The van der Waals surface area contributed by atoms with Gasteiger partial charge in [0.1, 0.15) is 0 Å². The van der Waals surface area contributed by atoms with Crippen molar-refractivity contribution in [2.75, 3.05) is 0 Å². The van der Waals surface area contributed by atoms with E-state index in [9.17, 15) is 18.0 Å². The van der Waals surface area contributed by atoms with Crippen molar-refractivity contribution in [3.8, 4) is 0 Å². The third-order valence-electron chi connectivity index (χ3n) is 3.11. The Hall–Kier alpha value is -2.84. The van der Waals surface area contributed by atoms with Gasteiger partial charge in [0.05, 0.1) is 13.0 Å². The molecule has 0 radical (unpaired) electrons. The van der Waals surface area contributed by atoms with E-state index in [-0.39, 0.29) is 18.8 Å². The maximum Gasteiger partial charge on any atom is 0.435 e. The summed E-state index contributed by atoms with van der Waals surface area (Å²) in [6, 6.07) is 9.59. The number of oxime groups is 1. The van der Waals surface area contributed by atoms with Gasteiger partial charge in [-0.1, -0.05) is 35.5 Å². The van der Waals surface area contributed by atoms with E-state index >= 15 is 0 Å². The molecule has 0 aliphatic carbocycles. The molecule has 1 aromatic heterocycles. The minimum Gasteiger partial charge on any atom is -0.380 e. The van der Waals surface area contributed by atoms with Crippen LogP contribution in [0.25, 0.3) is 0 Å². The highest BCUT2D eigenvalue weighted by Crippen LogP contribution is 2.28. The van der Waals surface area contributed by atoms with Gasteiger partial charge in [0.25, 0.3) is 0 Å². The summed E-state index contributed by atoms with van der Waals surface area (Å²) in [5.74, 6) is -0.698. The Kier molecular flexibility index (Phi) is 5.22. The Morgan fingerprint density at radius 1 is 1.33 bits per heavy atom. The Balaban J connectivity index is 1.91. The number of carbonyl (C=O) groups excluding carboxylic acids is 1. The number of alkyl halides is 3. The minimum atomic E-state index is -4.52. The maximum atomic E-state index is 12.6. The van der Waals surface area contributed by atoms with Crippen LogP contribution >= 0.6 is 0 Å². The SMILES string of the molecule is Cc1cc(C(F)(F)F)nn1CCC(=O)O/N=C(\N)c1ccccc1. The molecule has 0 unspecified atom stereocenters. The fourth-order valence-corrected chi connectivity index (χ4v) is 1.88. The number of amidine groups is 1. The Labute approximate surface area is 135 Å². The minimum absolute atomic E-state index is 0.0265. The molecule has 1 heterocycles. The van der Waals surface area contributed by atoms with Gasteiger partial charge in [0.15, 0.2) is 11.5 Å². The Morgan fingerprint density at radius 3 is 2.58 bits per heavy atom. The average molecular weight is 340 g/mol. The van der Waals surface area contributed by atoms with E-state index < -0.39 is 17.8 Å². The van der Waals surface area contributed by atoms with Crippen LogP contribution in [0.1, 0.15) is 23.4 Å².